The van der Waals surface area contributed by atoms with E-state index in [1.807, 2.05) is 60.7 Å². The molecule has 3 rings (SSSR count). The first-order valence-electron chi connectivity index (χ1n) is 8.32. The summed E-state index contributed by atoms with van der Waals surface area (Å²) in [5, 5.41) is 14.8. The molecule has 3 aromatic rings. The zero-order valence-electron chi connectivity index (χ0n) is 14.4. The number of nitrogens with one attached hydrogen (secondary N) is 1. The minimum absolute atomic E-state index is 0.0308. The zero-order chi connectivity index (χ0) is 19.1. The molecule has 134 valence electrons. The Morgan fingerprint density at radius 3 is 2.07 bits per heavy atom. The molecule has 27 heavy (non-hydrogen) atoms. The summed E-state index contributed by atoms with van der Waals surface area (Å²) < 4.78 is 0. The fraction of sp³-hybridized carbons (Fsp3) is 0.0476. The number of nitro benzene ring substituents is 1. The second kappa shape index (κ2) is 8.53. The van der Waals surface area contributed by atoms with E-state index in [0.29, 0.717) is 5.56 Å². The van der Waals surface area contributed by atoms with Crippen LogP contribution in [0.15, 0.2) is 90.0 Å². The van der Waals surface area contributed by atoms with Crippen molar-refractivity contribution in [3.63, 3.8) is 0 Å². The number of carbonyl (C=O) groups is 1. The largest absolute Gasteiger partial charge is 0.272 e. The number of hydrazone groups is 1. The number of carbonyl (C=O) groups excluding carboxylic acids is 1. The van der Waals surface area contributed by atoms with Crippen LogP contribution in [0.25, 0.3) is 0 Å². The first-order chi connectivity index (χ1) is 13.1. The Labute approximate surface area is 156 Å². The lowest BCUT2D eigenvalue weighted by Crippen LogP contribution is -2.26. The van der Waals surface area contributed by atoms with Crippen LogP contribution in [-0.2, 0) is 4.79 Å². The monoisotopic (exact) mass is 359 g/mol. The lowest BCUT2D eigenvalue weighted by atomic mass is 9.91. The van der Waals surface area contributed by atoms with Crippen LogP contribution in [0, 0.1) is 10.1 Å². The maximum absolute atomic E-state index is 12.8. The van der Waals surface area contributed by atoms with E-state index in [9.17, 15) is 14.9 Å². The molecule has 0 fully saturated rings. The topological polar surface area (TPSA) is 84.6 Å². The molecule has 3 aromatic carbocycles. The third kappa shape index (κ3) is 4.64. The Hall–Kier alpha value is -3.80. The molecular weight excluding hydrogens is 342 g/mol. The van der Waals surface area contributed by atoms with Crippen molar-refractivity contribution in [3.05, 3.63) is 112 Å². The first kappa shape index (κ1) is 18.0. The molecule has 0 saturated heterocycles. The molecule has 0 aliphatic carbocycles. The Balaban J connectivity index is 1.79. The van der Waals surface area contributed by atoms with Crippen LogP contribution in [0.1, 0.15) is 22.6 Å². The summed E-state index contributed by atoms with van der Waals surface area (Å²) >= 11 is 0. The van der Waals surface area contributed by atoms with Crippen LogP contribution in [0.2, 0.25) is 0 Å². The average molecular weight is 359 g/mol. The van der Waals surface area contributed by atoms with E-state index in [4.69, 9.17) is 0 Å². The summed E-state index contributed by atoms with van der Waals surface area (Å²) in [4.78, 5) is 23.1. The normalized spacial score (nSPS) is 10.9. The zero-order valence-corrected chi connectivity index (χ0v) is 14.4. The summed E-state index contributed by atoms with van der Waals surface area (Å²) in [5.41, 5.74) is 4.74. The third-order valence-electron chi connectivity index (χ3n) is 4.00. The molecule has 1 N–H and O–H groups in total. The van der Waals surface area contributed by atoms with Crippen molar-refractivity contribution >= 4 is 17.8 Å². The molecule has 0 saturated carbocycles. The summed E-state index contributed by atoms with van der Waals surface area (Å²) in [6.07, 6.45) is 1.39. The van der Waals surface area contributed by atoms with Gasteiger partial charge in [-0.05, 0) is 11.1 Å². The van der Waals surface area contributed by atoms with Crippen molar-refractivity contribution < 1.29 is 9.72 Å². The van der Waals surface area contributed by atoms with Gasteiger partial charge in [-0.15, -0.1) is 0 Å². The Kier molecular flexibility index (Phi) is 5.69. The van der Waals surface area contributed by atoms with Crippen LogP contribution in [0.5, 0.6) is 0 Å². The number of rotatable bonds is 6. The van der Waals surface area contributed by atoms with Gasteiger partial charge in [0.05, 0.1) is 17.1 Å². The molecule has 0 heterocycles. The molecule has 0 aliphatic heterocycles. The summed E-state index contributed by atoms with van der Waals surface area (Å²) in [7, 11) is 0. The number of benzene rings is 3. The molecule has 0 aliphatic rings. The van der Waals surface area contributed by atoms with E-state index in [1.54, 1.807) is 12.1 Å². The SMILES string of the molecule is O=C(NN=Cc1cccc([N+](=O)[O-])c1)C(c1ccccc1)c1ccccc1. The van der Waals surface area contributed by atoms with Crippen molar-refractivity contribution in [2.24, 2.45) is 5.10 Å². The van der Waals surface area contributed by atoms with Crippen LogP contribution in [-0.4, -0.2) is 17.0 Å². The maximum atomic E-state index is 12.8. The maximum Gasteiger partial charge on any atom is 0.270 e. The Bertz CT molecular complexity index is 917. The minimum Gasteiger partial charge on any atom is -0.272 e. The molecule has 0 atom stereocenters. The van der Waals surface area contributed by atoms with Crippen molar-refractivity contribution in [1.82, 2.24) is 5.43 Å². The Morgan fingerprint density at radius 1 is 0.926 bits per heavy atom. The number of amides is 1. The highest BCUT2D eigenvalue weighted by atomic mass is 16.6. The molecule has 6 nitrogen and oxygen atoms in total. The summed E-state index contributed by atoms with van der Waals surface area (Å²) in [6.45, 7) is 0. The number of non-ortho nitro benzene ring substituents is 1. The van der Waals surface area contributed by atoms with Crippen LogP contribution >= 0.6 is 0 Å². The minimum atomic E-state index is -0.505. The molecule has 0 radical (unpaired) electrons. The molecule has 1 amide bonds. The summed E-state index contributed by atoms with van der Waals surface area (Å²) in [6, 6.07) is 24.9. The van der Waals surface area contributed by atoms with Gasteiger partial charge in [-0.3, -0.25) is 14.9 Å². The predicted molar refractivity (Wildman–Crippen MR) is 104 cm³/mol. The lowest BCUT2D eigenvalue weighted by molar-refractivity contribution is -0.384. The number of hydrogen-bond donors (Lipinski definition) is 1. The van der Waals surface area contributed by atoms with Gasteiger partial charge in [0.1, 0.15) is 0 Å². The van der Waals surface area contributed by atoms with Gasteiger partial charge in [-0.25, -0.2) is 5.43 Å². The van der Waals surface area contributed by atoms with Crippen molar-refractivity contribution in [1.29, 1.82) is 0 Å². The van der Waals surface area contributed by atoms with Crippen molar-refractivity contribution in [2.45, 2.75) is 5.92 Å². The third-order valence-corrected chi connectivity index (χ3v) is 4.00. The summed E-state index contributed by atoms with van der Waals surface area (Å²) in [5.74, 6) is -0.788. The van der Waals surface area contributed by atoms with Crippen molar-refractivity contribution in [3.8, 4) is 0 Å². The second-order valence-electron chi connectivity index (χ2n) is 5.84. The number of nitro groups is 1. The van der Waals surface area contributed by atoms with E-state index in [0.717, 1.165) is 11.1 Å². The van der Waals surface area contributed by atoms with E-state index in [2.05, 4.69) is 10.5 Å². The predicted octanol–water partition coefficient (Wildman–Crippen LogP) is 3.88. The Morgan fingerprint density at radius 2 is 1.52 bits per heavy atom. The van der Waals surface area contributed by atoms with E-state index in [-0.39, 0.29) is 11.6 Å². The van der Waals surface area contributed by atoms with E-state index in [1.165, 1.54) is 18.3 Å². The lowest BCUT2D eigenvalue weighted by Gasteiger charge is -2.16. The molecule has 0 unspecified atom stereocenters. The van der Waals surface area contributed by atoms with E-state index < -0.39 is 10.8 Å². The molecule has 6 heteroatoms. The fourth-order valence-corrected chi connectivity index (χ4v) is 2.74. The van der Waals surface area contributed by atoms with Gasteiger partial charge >= 0.3 is 0 Å². The fourth-order valence-electron chi connectivity index (χ4n) is 2.74. The standard InChI is InChI=1S/C21H17N3O3/c25-21(23-22-15-16-8-7-13-19(14-16)24(26)27)20(17-9-3-1-4-10-17)18-11-5-2-6-12-18/h1-15,20H,(H,23,25). The number of nitrogens with zero attached hydrogens (tertiary/aromatic N) is 2. The quantitative estimate of drug-likeness (QED) is 0.412. The smallest absolute Gasteiger partial charge is 0.270 e. The van der Waals surface area contributed by atoms with Gasteiger partial charge in [-0.2, -0.15) is 5.10 Å². The number of hydrogen-bond acceptors (Lipinski definition) is 4. The van der Waals surface area contributed by atoms with Crippen molar-refractivity contribution in [2.75, 3.05) is 0 Å². The highest BCUT2D eigenvalue weighted by Gasteiger charge is 2.22. The highest BCUT2D eigenvalue weighted by Crippen LogP contribution is 2.24. The second-order valence-corrected chi connectivity index (χ2v) is 5.84. The van der Waals surface area contributed by atoms with E-state index >= 15 is 0 Å². The molecule has 0 bridgehead atoms. The van der Waals surface area contributed by atoms with Crippen LogP contribution in [0.3, 0.4) is 0 Å². The first-order valence-corrected chi connectivity index (χ1v) is 8.32. The van der Waals surface area contributed by atoms with Gasteiger partial charge < -0.3 is 0 Å². The van der Waals surface area contributed by atoms with Gasteiger partial charge in [0, 0.05) is 17.7 Å². The molecule has 0 aromatic heterocycles. The van der Waals surface area contributed by atoms with Gasteiger partial charge in [0.25, 0.3) is 11.6 Å². The average Bonchev–Trinajstić information content (AvgIpc) is 2.70. The highest BCUT2D eigenvalue weighted by molar-refractivity contribution is 5.88. The molecular formula is C21H17N3O3. The van der Waals surface area contributed by atoms with Gasteiger partial charge in [0.2, 0.25) is 0 Å². The van der Waals surface area contributed by atoms with Crippen LogP contribution < -0.4 is 5.43 Å². The van der Waals surface area contributed by atoms with Gasteiger partial charge in [-0.1, -0.05) is 72.8 Å². The van der Waals surface area contributed by atoms with Crippen LogP contribution in [0.4, 0.5) is 5.69 Å². The molecule has 0 spiro atoms. The van der Waals surface area contributed by atoms with Gasteiger partial charge in [0.15, 0.2) is 0 Å².